The van der Waals surface area contributed by atoms with E-state index in [1.807, 2.05) is 12.1 Å². The molecule has 0 fully saturated rings. The van der Waals surface area contributed by atoms with E-state index in [4.69, 9.17) is 5.73 Å². The summed E-state index contributed by atoms with van der Waals surface area (Å²) < 4.78 is 0. The van der Waals surface area contributed by atoms with Crippen LogP contribution in [0.2, 0.25) is 0 Å². The highest BCUT2D eigenvalue weighted by molar-refractivity contribution is 6.01. The Morgan fingerprint density at radius 1 is 1.42 bits per heavy atom. The Kier molecular flexibility index (Phi) is 4.01. The van der Waals surface area contributed by atoms with Crippen LogP contribution in [0.15, 0.2) is 24.3 Å². The normalized spacial score (nSPS) is 17.1. The molecule has 6 heteroatoms. The zero-order valence-electron chi connectivity index (χ0n) is 10.5. The number of aliphatic carboxylic acids is 1. The monoisotopic (exact) mass is 263 g/mol. The molecule has 0 radical (unpaired) electrons. The van der Waals surface area contributed by atoms with Crippen molar-refractivity contribution in [1.29, 1.82) is 0 Å². The fraction of sp³-hybridized carbons (Fsp3) is 0.385. The first-order chi connectivity index (χ1) is 9.15. The molecule has 0 unspecified atom stereocenters. The number of anilines is 1. The first-order valence-corrected chi connectivity index (χ1v) is 6.23. The number of carboxylic acids is 1. The smallest absolute Gasteiger partial charge is 0.327 e. The molecule has 4 N–H and O–H groups in total. The summed E-state index contributed by atoms with van der Waals surface area (Å²) in [6.45, 7) is 0.930. The minimum absolute atomic E-state index is 0.343. The largest absolute Gasteiger partial charge is 0.480 e. The second-order valence-corrected chi connectivity index (χ2v) is 4.43. The van der Waals surface area contributed by atoms with Crippen molar-refractivity contribution in [3.63, 3.8) is 0 Å². The van der Waals surface area contributed by atoms with E-state index in [1.165, 1.54) is 4.90 Å². The zero-order valence-corrected chi connectivity index (χ0v) is 10.5. The van der Waals surface area contributed by atoms with Gasteiger partial charge in [0.05, 0.1) is 0 Å². The lowest BCUT2D eigenvalue weighted by molar-refractivity contribution is -0.138. The second kappa shape index (κ2) is 5.71. The van der Waals surface area contributed by atoms with Crippen LogP contribution in [-0.2, 0) is 11.2 Å². The van der Waals surface area contributed by atoms with E-state index in [2.05, 4.69) is 5.32 Å². The third-order valence-electron chi connectivity index (χ3n) is 3.14. The van der Waals surface area contributed by atoms with Gasteiger partial charge in [0.1, 0.15) is 6.04 Å². The lowest BCUT2D eigenvalue weighted by Crippen LogP contribution is -2.48. The predicted octanol–water partition coefficient (Wildman–Crippen LogP) is 0.561. The highest BCUT2D eigenvalue weighted by atomic mass is 16.4. The van der Waals surface area contributed by atoms with Crippen LogP contribution < -0.4 is 16.0 Å². The first-order valence-electron chi connectivity index (χ1n) is 6.23. The summed E-state index contributed by atoms with van der Waals surface area (Å²) in [6.07, 6.45) is 1.01. The summed E-state index contributed by atoms with van der Waals surface area (Å²) in [6, 6.07) is 6.02. The standard InChI is InChI=1S/C13H17N3O3/c14-6-3-7-15-13(19)16-10-5-2-1-4-9(10)8-11(16)12(17)18/h1-2,4-5,11H,3,6-8,14H2,(H,15,19)(H,17,18)/t11-/m0/s1. The fourth-order valence-corrected chi connectivity index (χ4v) is 2.22. The molecule has 19 heavy (non-hydrogen) atoms. The van der Waals surface area contributed by atoms with Crippen molar-refractivity contribution in [2.24, 2.45) is 5.73 Å². The van der Waals surface area contributed by atoms with Gasteiger partial charge in [0.25, 0.3) is 0 Å². The predicted molar refractivity (Wildman–Crippen MR) is 71.1 cm³/mol. The van der Waals surface area contributed by atoms with Crippen molar-refractivity contribution in [1.82, 2.24) is 5.32 Å². The maximum absolute atomic E-state index is 12.1. The van der Waals surface area contributed by atoms with Crippen LogP contribution in [0.4, 0.5) is 10.5 Å². The molecule has 0 aliphatic carbocycles. The summed E-state index contributed by atoms with van der Waals surface area (Å²) >= 11 is 0. The van der Waals surface area contributed by atoms with Crippen LogP contribution in [0.1, 0.15) is 12.0 Å². The molecule has 0 bridgehead atoms. The Hall–Kier alpha value is -2.08. The number of carbonyl (C=O) groups is 2. The van der Waals surface area contributed by atoms with Gasteiger partial charge in [-0.25, -0.2) is 9.59 Å². The van der Waals surface area contributed by atoms with Crippen LogP contribution in [0, 0.1) is 0 Å². The molecule has 0 aromatic heterocycles. The molecular formula is C13H17N3O3. The van der Waals surface area contributed by atoms with Gasteiger partial charge in [-0.15, -0.1) is 0 Å². The van der Waals surface area contributed by atoms with Gasteiger partial charge in [-0.05, 0) is 24.6 Å². The zero-order chi connectivity index (χ0) is 13.8. The number of nitrogens with one attached hydrogen (secondary N) is 1. The lowest BCUT2D eigenvalue weighted by Gasteiger charge is -2.22. The highest BCUT2D eigenvalue weighted by Gasteiger charge is 2.38. The quantitative estimate of drug-likeness (QED) is 0.692. The molecule has 102 valence electrons. The number of amides is 2. The minimum Gasteiger partial charge on any atom is -0.480 e. The maximum atomic E-state index is 12.1. The van der Waals surface area contributed by atoms with Gasteiger partial charge < -0.3 is 16.2 Å². The molecule has 1 heterocycles. The molecule has 1 atom stereocenters. The number of urea groups is 1. The summed E-state index contributed by atoms with van der Waals surface area (Å²) in [5.41, 5.74) is 6.91. The highest BCUT2D eigenvalue weighted by Crippen LogP contribution is 2.32. The molecule has 0 saturated heterocycles. The van der Waals surface area contributed by atoms with Crippen LogP contribution in [-0.4, -0.2) is 36.2 Å². The maximum Gasteiger partial charge on any atom is 0.327 e. The van der Waals surface area contributed by atoms with Gasteiger partial charge in [0.2, 0.25) is 0 Å². The number of nitrogens with two attached hydrogens (primary N) is 1. The minimum atomic E-state index is -0.995. The van der Waals surface area contributed by atoms with Crippen LogP contribution in [0.5, 0.6) is 0 Å². The number of nitrogens with zero attached hydrogens (tertiary/aromatic N) is 1. The van der Waals surface area contributed by atoms with Crippen molar-refractivity contribution in [3.05, 3.63) is 29.8 Å². The Bertz CT molecular complexity index is 490. The lowest BCUT2D eigenvalue weighted by atomic mass is 10.1. The third kappa shape index (κ3) is 2.68. The Balaban J connectivity index is 2.19. The van der Waals surface area contributed by atoms with E-state index in [-0.39, 0.29) is 6.03 Å². The van der Waals surface area contributed by atoms with Gasteiger partial charge in [-0.3, -0.25) is 4.90 Å². The number of carbonyl (C=O) groups excluding carboxylic acids is 1. The van der Waals surface area contributed by atoms with Crippen molar-refractivity contribution >= 4 is 17.7 Å². The van der Waals surface area contributed by atoms with Gasteiger partial charge in [-0.1, -0.05) is 18.2 Å². The molecule has 0 saturated carbocycles. The summed E-state index contributed by atoms with van der Waals surface area (Å²) in [5.74, 6) is -0.995. The van der Waals surface area contributed by atoms with E-state index < -0.39 is 12.0 Å². The Labute approximate surface area is 111 Å². The van der Waals surface area contributed by atoms with Gasteiger partial charge in [0.15, 0.2) is 0 Å². The average Bonchev–Trinajstić information content (AvgIpc) is 2.78. The van der Waals surface area contributed by atoms with Gasteiger partial charge in [0, 0.05) is 18.7 Å². The molecule has 2 amide bonds. The SMILES string of the molecule is NCCCNC(=O)N1c2ccccc2C[C@H]1C(=O)O. The molecule has 0 spiro atoms. The number of hydrogen-bond acceptors (Lipinski definition) is 3. The van der Waals surface area contributed by atoms with E-state index >= 15 is 0 Å². The molecule has 1 aromatic carbocycles. The number of hydrogen-bond donors (Lipinski definition) is 3. The van der Waals surface area contributed by atoms with E-state index in [0.717, 1.165) is 5.56 Å². The molecule has 6 nitrogen and oxygen atoms in total. The topological polar surface area (TPSA) is 95.7 Å². The van der Waals surface area contributed by atoms with Gasteiger partial charge in [-0.2, -0.15) is 0 Å². The fourth-order valence-electron chi connectivity index (χ4n) is 2.22. The summed E-state index contributed by atoms with van der Waals surface area (Å²) in [4.78, 5) is 24.7. The van der Waals surface area contributed by atoms with Crippen molar-refractivity contribution in [3.8, 4) is 0 Å². The second-order valence-electron chi connectivity index (χ2n) is 4.43. The third-order valence-corrected chi connectivity index (χ3v) is 3.14. The molecule has 1 aromatic rings. The molecule has 1 aliphatic rings. The number of benzene rings is 1. The number of para-hydroxylation sites is 1. The van der Waals surface area contributed by atoms with Crippen molar-refractivity contribution < 1.29 is 14.7 Å². The average molecular weight is 263 g/mol. The van der Waals surface area contributed by atoms with Crippen LogP contribution in [0.25, 0.3) is 0 Å². The Morgan fingerprint density at radius 3 is 2.84 bits per heavy atom. The summed E-state index contributed by atoms with van der Waals surface area (Å²) in [7, 11) is 0. The molecular weight excluding hydrogens is 246 g/mol. The van der Waals surface area contributed by atoms with E-state index in [0.29, 0.717) is 31.6 Å². The van der Waals surface area contributed by atoms with E-state index in [1.54, 1.807) is 12.1 Å². The number of carboxylic acid groups (broad SMARTS) is 1. The van der Waals surface area contributed by atoms with Crippen LogP contribution in [0.3, 0.4) is 0 Å². The van der Waals surface area contributed by atoms with Gasteiger partial charge >= 0.3 is 12.0 Å². The molecule has 1 aliphatic heterocycles. The number of fused-ring (bicyclic) bond motifs is 1. The summed E-state index contributed by atoms with van der Waals surface area (Å²) in [5, 5.41) is 11.9. The Morgan fingerprint density at radius 2 is 2.16 bits per heavy atom. The molecule has 2 rings (SSSR count). The number of rotatable bonds is 4. The first kappa shape index (κ1) is 13.4. The van der Waals surface area contributed by atoms with E-state index in [9.17, 15) is 14.7 Å². The van der Waals surface area contributed by atoms with Crippen molar-refractivity contribution in [2.75, 3.05) is 18.0 Å². The van der Waals surface area contributed by atoms with Crippen LogP contribution >= 0.6 is 0 Å². The van der Waals surface area contributed by atoms with Crippen molar-refractivity contribution in [2.45, 2.75) is 18.9 Å².